The number of hydrogen-bond acceptors (Lipinski definition) is 4. The molecule has 4 aromatic rings. The second kappa shape index (κ2) is 10.2. The van der Waals surface area contributed by atoms with Crippen LogP contribution in [-0.2, 0) is 19.8 Å². The second-order valence-electron chi connectivity index (χ2n) is 7.16. The highest BCUT2D eigenvalue weighted by atomic mass is 16.5. The normalized spacial score (nSPS) is 10.5. The fourth-order valence-electron chi connectivity index (χ4n) is 3.11. The Morgan fingerprint density at radius 3 is 1.23 bits per heavy atom. The number of benzene rings is 4. The van der Waals surface area contributed by atoms with Crippen LogP contribution in [0.5, 0.6) is 17.2 Å². The maximum absolute atomic E-state index is 6.38. The molecule has 0 spiro atoms. The molecule has 0 saturated carbocycles. The summed E-state index contributed by atoms with van der Waals surface area (Å²) in [5.74, 6) is 1.72. The van der Waals surface area contributed by atoms with Crippen molar-refractivity contribution in [3.05, 3.63) is 120 Å². The van der Waals surface area contributed by atoms with Crippen molar-refractivity contribution in [2.75, 3.05) is 5.73 Å². The Morgan fingerprint density at radius 1 is 0.484 bits per heavy atom. The molecule has 2 N–H and O–H groups in total. The van der Waals surface area contributed by atoms with E-state index in [9.17, 15) is 0 Å². The summed E-state index contributed by atoms with van der Waals surface area (Å²) in [6, 6.07) is 33.6. The van der Waals surface area contributed by atoms with Gasteiger partial charge in [-0.15, -0.1) is 0 Å². The van der Waals surface area contributed by atoms with Gasteiger partial charge in [-0.05, 0) is 16.7 Å². The molecule has 0 bridgehead atoms. The summed E-state index contributed by atoms with van der Waals surface area (Å²) in [6.07, 6.45) is 0. The van der Waals surface area contributed by atoms with Crippen molar-refractivity contribution in [3.8, 4) is 17.2 Å². The summed E-state index contributed by atoms with van der Waals surface area (Å²) in [4.78, 5) is 0. The average Bonchev–Trinajstić information content (AvgIpc) is 2.83. The van der Waals surface area contributed by atoms with E-state index in [-0.39, 0.29) is 0 Å². The van der Waals surface area contributed by atoms with Gasteiger partial charge in [0.15, 0.2) is 0 Å². The Balaban J connectivity index is 1.54. The molecule has 0 radical (unpaired) electrons. The summed E-state index contributed by atoms with van der Waals surface area (Å²) in [7, 11) is 0. The van der Waals surface area contributed by atoms with Crippen LogP contribution in [-0.4, -0.2) is 0 Å². The van der Waals surface area contributed by atoms with E-state index in [0.29, 0.717) is 42.8 Å². The first-order valence-electron chi connectivity index (χ1n) is 10.2. The SMILES string of the molecule is Nc1c(OCc2ccccc2)cc(OCc2ccccc2)cc1OCc1ccccc1. The third-order valence-electron chi connectivity index (χ3n) is 4.80. The van der Waals surface area contributed by atoms with E-state index in [4.69, 9.17) is 19.9 Å². The third-order valence-corrected chi connectivity index (χ3v) is 4.80. The highest BCUT2D eigenvalue weighted by Gasteiger charge is 2.13. The van der Waals surface area contributed by atoms with Gasteiger partial charge in [-0.3, -0.25) is 0 Å². The van der Waals surface area contributed by atoms with Gasteiger partial charge in [0.05, 0.1) is 0 Å². The van der Waals surface area contributed by atoms with Gasteiger partial charge in [-0.25, -0.2) is 0 Å². The van der Waals surface area contributed by atoms with Crippen molar-refractivity contribution in [3.63, 3.8) is 0 Å². The lowest BCUT2D eigenvalue weighted by Crippen LogP contribution is -2.04. The number of rotatable bonds is 9. The van der Waals surface area contributed by atoms with Gasteiger partial charge in [0, 0.05) is 12.1 Å². The molecule has 156 valence electrons. The molecule has 0 unspecified atom stereocenters. The number of anilines is 1. The first-order valence-corrected chi connectivity index (χ1v) is 10.2. The smallest absolute Gasteiger partial charge is 0.150 e. The van der Waals surface area contributed by atoms with Crippen LogP contribution in [0.25, 0.3) is 0 Å². The predicted molar refractivity (Wildman–Crippen MR) is 123 cm³/mol. The number of nitrogens with two attached hydrogens (primary N) is 1. The molecule has 0 atom stereocenters. The van der Waals surface area contributed by atoms with E-state index >= 15 is 0 Å². The van der Waals surface area contributed by atoms with Crippen molar-refractivity contribution in [2.45, 2.75) is 19.8 Å². The highest BCUT2D eigenvalue weighted by molar-refractivity contribution is 5.66. The molecular weight excluding hydrogens is 386 g/mol. The van der Waals surface area contributed by atoms with Crippen LogP contribution in [0.15, 0.2) is 103 Å². The topological polar surface area (TPSA) is 53.7 Å². The van der Waals surface area contributed by atoms with Crippen molar-refractivity contribution >= 4 is 5.69 Å². The zero-order chi connectivity index (χ0) is 21.3. The Morgan fingerprint density at radius 2 is 0.839 bits per heavy atom. The summed E-state index contributed by atoms with van der Waals surface area (Å²) in [5.41, 5.74) is 10.0. The minimum Gasteiger partial charge on any atom is -0.489 e. The van der Waals surface area contributed by atoms with Gasteiger partial charge in [0.2, 0.25) is 0 Å². The minimum atomic E-state index is 0.408. The maximum Gasteiger partial charge on any atom is 0.150 e. The van der Waals surface area contributed by atoms with Crippen LogP contribution in [0.2, 0.25) is 0 Å². The average molecular weight is 412 g/mol. The Bertz CT molecular complexity index is 1020. The van der Waals surface area contributed by atoms with Crippen LogP contribution >= 0.6 is 0 Å². The fourth-order valence-corrected chi connectivity index (χ4v) is 3.11. The monoisotopic (exact) mass is 411 g/mol. The lowest BCUT2D eigenvalue weighted by Gasteiger charge is -2.16. The van der Waals surface area contributed by atoms with E-state index < -0.39 is 0 Å². The maximum atomic E-state index is 6.38. The molecular formula is C27H25NO3. The summed E-state index contributed by atoms with van der Waals surface area (Å²) in [5, 5.41) is 0. The van der Waals surface area contributed by atoms with Crippen LogP contribution in [0.4, 0.5) is 5.69 Å². The highest BCUT2D eigenvalue weighted by Crippen LogP contribution is 2.38. The lowest BCUT2D eigenvalue weighted by molar-refractivity contribution is 0.277. The van der Waals surface area contributed by atoms with Gasteiger partial charge in [-0.2, -0.15) is 0 Å². The molecule has 0 saturated heterocycles. The van der Waals surface area contributed by atoms with Crippen molar-refractivity contribution in [1.29, 1.82) is 0 Å². The van der Waals surface area contributed by atoms with E-state index in [1.165, 1.54) is 0 Å². The molecule has 4 rings (SSSR count). The van der Waals surface area contributed by atoms with Gasteiger partial charge in [-0.1, -0.05) is 91.0 Å². The number of nitrogen functional groups attached to an aromatic ring is 1. The largest absolute Gasteiger partial charge is 0.489 e. The molecule has 4 heteroatoms. The summed E-state index contributed by atoms with van der Waals surface area (Å²) in [6.45, 7) is 1.26. The van der Waals surface area contributed by atoms with Crippen LogP contribution in [0, 0.1) is 0 Å². The molecule has 0 aliphatic carbocycles. The second-order valence-corrected chi connectivity index (χ2v) is 7.16. The van der Waals surface area contributed by atoms with E-state index in [1.54, 1.807) is 0 Å². The Labute approximate surface area is 182 Å². The molecule has 0 heterocycles. The zero-order valence-corrected chi connectivity index (χ0v) is 17.2. The molecule has 4 nitrogen and oxygen atoms in total. The number of ether oxygens (including phenoxy) is 3. The number of hydrogen-bond donors (Lipinski definition) is 1. The Hall–Kier alpha value is -3.92. The van der Waals surface area contributed by atoms with Crippen LogP contribution in [0.3, 0.4) is 0 Å². The zero-order valence-electron chi connectivity index (χ0n) is 17.2. The third kappa shape index (κ3) is 5.80. The molecule has 4 aromatic carbocycles. The van der Waals surface area contributed by atoms with Gasteiger partial charge in [0.1, 0.15) is 42.8 Å². The molecule has 0 amide bonds. The van der Waals surface area contributed by atoms with Gasteiger partial charge >= 0.3 is 0 Å². The summed E-state index contributed by atoms with van der Waals surface area (Å²) >= 11 is 0. The minimum absolute atomic E-state index is 0.408. The Kier molecular flexibility index (Phi) is 6.71. The van der Waals surface area contributed by atoms with Gasteiger partial charge < -0.3 is 19.9 Å². The van der Waals surface area contributed by atoms with E-state index in [1.807, 2.05) is 103 Å². The van der Waals surface area contributed by atoms with Gasteiger partial charge in [0.25, 0.3) is 0 Å². The summed E-state index contributed by atoms with van der Waals surface area (Å²) < 4.78 is 18.1. The molecule has 0 aliphatic heterocycles. The van der Waals surface area contributed by atoms with Crippen molar-refractivity contribution < 1.29 is 14.2 Å². The molecule has 0 aliphatic rings. The van der Waals surface area contributed by atoms with Crippen molar-refractivity contribution in [1.82, 2.24) is 0 Å². The first kappa shape index (κ1) is 20.4. The molecule has 0 fully saturated rings. The standard InChI is InChI=1S/C27H25NO3/c28-27-25(30-19-22-12-6-2-7-13-22)16-24(29-18-21-10-4-1-5-11-21)17-26(27)31-20-23-14-8-3-9-15-23/h1-17H,18-20,28H2. The lowest BCUT2D eigenvalue weighted by atomic mass is 10.2. The quantitative estimate of drug-likeness (QED) is 0.343. The van der Waals surface area contributed by atoms with E-state index in [2.05, 4.69) is 0 Å². The molecule has 0 aromatic heterocycles. The van der Waals surface area contributed by atoms with E-state index in [0.717, 1.165) is 16.7 Å². The molecule has 31 heavy (non-hydrogen) atoms. The first-order chi connectivity index (χ1) is 15.3. The van der Waals surface area contributed by atoms with Crippen molar-refractivity contribution in [2.24, 2.45) is 0 Å². The van der Waals surface area contributed by atoms with Crippen LogP contribution in [0.1, 0.15) is 16.7 Å². The predicted octanol–water partition coefficient (Wildman–Crippen LogP) is 6.01. The van der Waals surface area contributed by atoms with Crippen LogP contribution < -0.4 is 19.9 Å². The fraction of sp³-hybridized carbons (Fsp3) is 0.111.